The number of anilines is 1. The van der Waals surface area contributed by atoms with Gasteiger partial charge in [0.25, 0.3) is 0 Å². The van der Waals surface area contributed by atoms with Gasteiger partial charge in [0.2, 0.25) is 10.0 Å². The highest BCUT2D eigenvalue weighted by Crippen LogP contribution is 2.26. The molecular weight excluding hydrogens is 264 g/mol. The zero-order valence-corrected chi connectivity index (χ0v) is 11.9. The maximum Gasteiger partial charge on any atom is 0.214 e. The Balaban J connectivity index is 2.11. The number of rotatable bonds is 5. The molecule has 0 spiro atoms. The first-order chi connectivity index (χ1) is 9.04. The van der Waals surface area contributed by atoms with Gasteiger partial charge in [0.1, 0.15) is 0 Å². The third kappa shape index (κ3) is 3.26. The molecule has 1 aliphatic rings. The molecule has 0 bridgehead atoms. The predicted molar refractivity (Wildman–Crippen MR) is 75.2 cm³/mol. The van der Waals surface area contributed by atoms with Crippen LogP contribution in [0.2, 0.25) is 0 Å². The number of ether oxygens (including phenoxy) is 1. The minimum absolute atomic E-state index is 0.128. The molecule has 1 aliphatic heterocycles. The van der Waals surface area contributed by atoms with Gasteiger partial charge in [0.05, 0.1) is 5.75 Å². The monoisotopic (exact) mass is 284 g/mol. The van der Waals surface area contributed by atoms with Gasteiger partial charge in [-0.1, -0.05) is 12.1 Å². The lowest BCUT2D eigenvalue weighted by atomic mass is 10.00. The van der Waals surface area contributed by atoms with Crippen LogP contribution < -0.4 is 5.73 Å². The van der Waals surface area contributed by atoms with Gasteiger partial charge in [-0.3, -0.25) is 0 Å². The van der Waals surface area contributed by atoms with Crippen molar-refractivity contribution >= 4 is 15.7 Å². The van der Waals surface area contributed by atoms with Crippen molar-refractivity contribution in [2.75, 3.05) is 31.7 Å². The maximum absolute atomic E-state index is 12.2. The van der Waals surface area contributed by atoms with Gasteiger partial charge >= 0.3 is 0 Å². The van der Waals surface area contributed by atoms with E-state index in [2.05, 4.69) is 0 Å². The minimum atomic E-state index is -3.22. The summed E-state index contributed by atoms with van der Waals surface area (Å²) >= 11 is 0. The number of nitrogen functional groups attached to an aromatic ring is 1. The molecule has 19 heavy (non-hydrogen) atoms. The zero-order chi connectivity index (χ0) is 13.9. The number of nitrogens with zero attached hydrogens (tertiary/aromatic N) is 1. The second-order valence-corrected chi connectivity index (χ2v) is 6.82. The normalized spacial score (nSPS) is 16.3. The molecule has 1 heterocycles. The second-order valence-electron chi connectivity index (χ2n) is 4.73. The summed E-state index contributed by atoms with van der Waals surface area (Å²) in [5.41, 5.74) is 8.71. The first kappa shape index (κ1) is 14.3. The van der Waals surface area contributed by atoms with Crippen LogP contribution in [0.3, 0.4) is 0 Å². The second kappa shape index (κ2) is 5.90. The molecular formula is C13H20N2O3S. The van der Waals surface area contributed by atoms with E-state index >= 15 is 0 Å². The average molecular weight is 284 g/mol. The average Bonchev–Trinajstić information content (AvgIpc) is 2.39. The highest BCUT2D eigenvalue weighted by atomic mass is 32.2. The molecule has 2 rings (SSSR count). The van der Waals surface area contributed by atoms with Crippen molar-refractivity contribution in [3.05, 3.63) is 29.3 Å². The largest absolute Gasteiger partial charge is 0.398 e. The van der Waals surface area contributed by atoms with Gasteiger partial charge in [-0.15, -0.1) is 0 Å². The SMILES string of the molecule is COCCCS(=O)(=O)N1CCc2cccc(N)c2C1. The summed E-state index contributed by atoms with van der Waals surface area (Å²) in [5.74, 6) is 0.128. The maximum atomic E-state index is 12.2. The van der Waals surface area contributed by atoms with Crippen molar-refractivity contribution in [1.82, 2.24) is 4.31 Å². The van der Waals surface area contributed by atoms with E-state index < -0.39 is 10.0 Å². The molecule has 0 radical (unpaired) electrons. The first-order valence-corrected chi connectivity index (χ1v) is 7.98. The van der Waals surface area contributed by atoms with Crippen LogP contribution >= 0.6 is 0 Å². The predicted octanol–water partition coefficient (Wildman–Crippen LogP) is 0.993. The molecule has 0 fully saturated rings. The molecule has 0 unspecified atom stereocenters. The quantitative estimate of drug-likeness (QED) is 0.646. The Kier molecular flexibility index (Phi) is 4.44. The first-order valence-electron chi connectivity index (χ1n) is 6.37. The Hall–Kier alpha value is -1.11. The van der Waals surface area contributed by atoms with E-state index in [0.29, 0.717) is 31.8 Å². The van der Waals surface area contributed by atoms with E-state index in [0.717, 1.165) is 17.5 Å². The highest BCUT2D eigenvalue weighted by Gasteiger charge is 2.27. The molecule has 0 atom stereocenters. The van der Waals surface area contributed by atoms with Crippen LogP contribution in [0.15, 0.2) is 18.2 Å². The fourth-order valence-corrected chi connectivity index (χ4v) is 3.77. The summed E-state index contributed by atoms with van der Waals surface area (Å²) in [4.78, 5) is 0. The summed E-state index contributed by atoms with van der Waals surface area (Å²) in [6, 6.07) is 5.75. The lowest BCUT2D eigenvalue weighted by Crippen LogP contribution is -2.38. The number of benzene rings is 1. The Bertz CT molecular complexity index is 543. The smallest absolute Gasteiger partial charge is 0.214 e. The van der Waals surface area contributed by atoms with E-state index in [9.17, 15) is 8.42 Å². The highest BCUT2D eigenvalue weighted by molar-refractivity contribution is 7.89. The van der Waals surface area contributed by atoms with Crippen LogP contribution in [-0.2, 0) is 27.7 Å². The van der Waals surface area contributed by atoms with Gasteiger partial charge in [-0.05, 0) is 30.0 Å². The summed E-state index contributed by atoms with van der Waals surface area (Å²) in [7, 11) is -1.64. The van der Waals surface area contributed by atoms with Gasteiger partial charge in [-0.25, -0.2) is 8.42 Å². The van der Waals surface area contributed by atoms with Gasteiger partial charge in [-0.2, -0.15) is 4.31 Å². The van der Waals surface area contributed by atoms with Crippen molar-refractivity contribution < 1.29 is 13.2 Å². The zero-order valence-electron chi connectivity index (χ0n) is 11.1. The molecule has 106 valence electrons. The standard InChI is InChI=1S/C13H20N2O3S/c1-18-8-3-9-19(16,17)15-7-6-11-4-2-5-13(14)12(11)10-15/h2,4-5H,3,6-10,14H2,1H3. The number of hydrogen-bond acceptors (Lipinski definition) is 4. The molecule has 5 nitrogen and oxygen atoms in total. The van der Waals surface area contributed by atoms with E-state index in [-0.39, 0.29) is 5.75 Å². The molecule has 1 aromatic rings. The van der Waals surface area contributed by atoms with Crippen LogP contribution in [0.1, 0.15) is 17.5 Å². The molecule has 1 aromatic carbocycles. The van der Waals surface area contributed by atoms with Crippen LogP contribution in [0.25, 0.3) is 0 Å². The Morgan fingerprint density at radius 2 is 2.21 bits per heavy atom. The van der Waals surface area contributed by atoms with Crippen LogP contribution in [0.4, 0.5) is 5.69 Å². The van der Waals surface area contributed by atoms with Gasteiger partial charge in [0.15, 0.2) is 0 Å². The van der Waals surface area contributed by atoms with E-state index in [1.807, 2.05) is 18.2 Å². The Morgan fingerprint density at radius 3 is 2.95 bits per heavy atom. The topological polar surface area (TPSA) is 72.6 Å². The molecule has 2 N–H and O–H groups in total. The molecule has 0 saturated carbocycles. The van der Waals surface area contributed by atoms with Crippen LogP contribution in [0.5, 0.6) is 0 Å². The Labute approximate surface area is 114 Å². The van der Waals surface area contributed by atoms with E-state index in [4.69, 9.17) is 10.5 Å². The van der Waals surface area contributed by atoms with Crippen LogP contribution in [-0.4, -0.2) is 38.7 Å². The minimum Gasteiger partial charge on any atom is -0.398 e. The third-order valence-electron chi connectivity index (χ3n) is 3.42. The van der Waals surface area contributed by atoms with Crippen LogP contribution in [0, 0.1) is 0 Å². The molecule has 0 amide bonds. The Morgan fingerprint density at radius 1 is 1.42 bits per heavy atom. The third-order valence-corrected chi connectivity index (χ3v) is 5.32. The number of nitrogens with two attached hydrogens (primary N) is 1. The fraction of sp³-hybridized carbons (Fsp3) is 0.538. The number of methoxy groups -OCH3 is 1. The number of fused-ring (bicyclic) bond motifs is 1. The molecule has 0 aromatic heterocycles. The number of hydrogen-bond donors (Lipinski definition) is 1. The lowest BCUT2D eigenvalue weighted by molar-refractivity contribution is 0.199. The van der Waals surface area contributed by atoms with E-state index in [1.54, 1.807) is 7.11 Å². The lowest BCUT2D eigenvalue weighted by Gasteiger charge is -2.28. The van der Waals surface area contributed by atoms with Crippen molar-refractivity contribution in [1.29, 1.82) is 0 Å². The fourth-order valence-electron chi connectivity index (χ4n) is 2.33. The van der Waals surface area contributed by atoms with E-state index in [1.165, 1.54) is 4.31 Å². The van der Waals surface area contributed by atoms with Crippen molar-refractivity contribution in [3.63, 3.8) is 0 Å². The summed E-state index contributed by atoms with van der Waals surface area (Å²) in [5, 5.41) is 0. The summed E-state index contributed by atoms with van der Waals surface area (Å²) < 4.78 is 30.8. The molecule has 0 saturated heterocycles. The van der Waals surface area contributed by atoms with Crippen molar-refractivity contribution in [3.8, 4) is 0 Å². The van der Waals surface area contributed by atoms with Gasteiger partial charge in [0, 0.05) is 32.5 Å². The van der Waals surface area contributed by atoms with Crippen molar-refractivity contribution in [2.45, 2.75) is 19.4 Å². The van der Waals surface area contributed by atoms with Crippen molar-refractivity contribution in [2.24, 2.45) is 0 Å². The summed E-state index contributed by atoms with van der Waals surface area (Å²) in [6.07, 6.45) is 1.25. The molecule has 0 aliphatic carbocycles. The van der Waals surface area contributed by atoms with Gasteiger partial charge < -0.3 is 10.5 Å². The molecule has 6 heteroatoms. The summed E-state index contributed by atoms with van der Waals surface area (Å²) in [6.45, 7) is 1.38. The number of sulfonamides is 1.